The van der Waals surface area contributed by atoms with Crippen LogP contribution in [0.4, 0.5) is 4.39 Å². The van der Waals surface area contributed by atoms with E-state index in [-0.39, 0.29) is 20.7 Å². The number of alkyl halides is 1. The molecule has 0 saturated carbocycles. The Morgan fingerprint density at radius 1 is 1.44 bits per heavy atom. The van der Waals surface area contributed by atoms with Crippen molar-refractivity contribution >= 4 is 44.9 Å². The lowest BCUT2D eigenvalue weighted by atomic mass is 10.1. The number of hydrogen-bond acceptors (Lipinski definition) is 1. The van der Waals surface area contributed by atoms with Crippen molar-refractivity contribution in [2.75, 3.05) is 0 Å². The predicted octanol–water partition coefficient (Wildman–Crippen LogP) is 4.42. The Bertz CT molecular complexity index is 386. The summed E-state index contributed by atoms with van der Waals surface area (Å²) in [6, 6.07) is 2.39. The average Bonchev–Trinajstić information content (AvgIpc) is 2.21. The van der Waals surface area contributed by atoms with Gasteiger partial charge < -0.3 is 0 Å². The zero-order chi connectivity index (χ0) is 12.3. The van der Waals surface area contributed by atoms with Crippen molar-refractivity contribution < 1.29 is 9.18 Å². The zero-order valence-electron chi connectivity index (χ0n) is 8.57. The van der Waals surface area contributed by atoms with Crippen LogP contribution in [0, 0.1) is 5.82 Å². The molecule has 0 radical (unpaired) electrons. The number of carbonyl (C=O) groups is 1. The second kappa shape index (κ2) is 5.99. The Labute approximate surface area is 112 Å². The molecule has 5 heteroatoms. The smallest absolute Gasteiger partial charge is 0.146 e. The molecular formula is C11H10BrCl2FO. The normalized spacial score (nSPS) is 12.6. The predicted molar refractivity (Wildman–Crippen MR) is 68.1 cm³/mol. The van der Waals surface area contributed by atoms with Crippen molar-refractivity contribution in [2.45, 2.75) is 24.6 Å². The molecule has 0 aliphatic rings. The summed E-state index contributed by atoms with van der Waals surface area (Å²) in [7, 11) is 0. The zero-order valence-corrected chi connectivity index (χ0v) is 11.7. The van der Waals surface area contributed by atoms with Crippen LogP contribution in [0.15, 0.2) is 12.1 Å². The van der Waals surface area contributed by atoms with Gasteiger partial charge in [-0.15, -0.1) is 0 Å². The Morgan fingerprint density at radius 3 is 2.38 bits per heavy atom. The summed E-state index contributed by atoms with van der Waals surface area (Å²) in [4.78, 5) is 11.1. The summed E-state index contributed by atoms with van der Waals surface area (Å²) in [5, 5.41) is 0.497. The third kappa shape index (κ3) is 3.44. The third-order valence-electron chi connectivity index (χ3n) is 2.19. The second-order valence-electron chi connectivity index (χ2n) is 3.34. The lowest BCUT2D eigenvalue weighted by Gasteiger charge is -2.11. The summed E-state index contributed by atoms with van der Waals surface area (Å²) in [5.74, 6) is -0.414. The van der Waals surface area contributed by atoms with E-state index in [0.717, 1.165) is 0 Å². The highest BCUT2D eigenvalue weighted by atomic mass is 79.9. The SMILES string of the molecule is CCC(=O)C(Br)Cc1c(Cl)cc(F)cc1Cl. The van der Waals surface area contributed by atoms with Crippen molar-refractivity contribution in [3.63, 3.8) is 0 Å². The van der Waals surface area contributed by atoms with E-state index in [9.17, 15) is 9.18 Å². The molecule has 1 unspecified atom stereocenters. The lowest BCUT2D eigenvalue weighted by molar-refractivity contribution is -0.118. The van der Waals surface area contributed by atoms with Crippen LogP contribution in [-0.2, 0) is 11.2 Å². The number of ketones is 1. The van der Waals surface area contributed by atoms with Gasteiger partial charge in [0.25, 0.3) is 0 Å². The van der Waals surface area contributed by atoms with Crippen LogP contribution in [0.5, 0.6) is 0 Å². The van der Waals surface area contributed by atoms with Crippen molar-refractivity contribution in [3.05, 3.63) is 33.6 Å². The van der Waals surface area contributed by atoms with E-state index in [0.29, 0.717) is 18.4 Å². The molecule has 1 atom stereocenters. The van der Waals surface area contributed by atoms with Gasteiger partial charge >= 0.3 is 0 Å². The first kappa shape index (κ1) is 13.9. The topological polar surface area (TPSA) is 17.1 Å². The molecule has 0 N–H and O–H groups in total. The number of carbonyl (C=O) groups excluding carboxylic acids is 1. The number of Topliss-reactive ketones (excluding diaryl/α,β-unsaturated/α-hetero) is 1. The first-order valence-electron chi connectivity index (χ1n) is 4.76. The summed E-state index contributed by atoms with van der Waals surface area (Å²) >= 11 is 15.0. The molecule has 16 heavy (non-hydrogen) atoms. The molecule has 1 rings (SSSR count). The minimum Gasteiger partial charge on any atom is -0.298 e. The first-order valence-corrected chi connectivity index (χ1v) is 6.43. The van der Waals surface area contributed by atoms with Gasteiger partial charge in [-0.1, -0.05) is 46.1 Å². The average molecular weight is 328 g/mol. The minimum absolute atomic E-state index is 0.0662. The molecule has 0 aliphatic carbocycles. The molecule has 0 saturated heterocycles. The van der Waals surface area contributed by atoms with Crippen LogP contribution in [-0.4, -0.2) is 10.6 Å². The molecule has 0 fully saturated rings. The van der Waals surface area contributed by atoms with E-state index in [1.54, 1.807) is 6.92 Å². The molecule has 0 spiro atoms. The Morgan fingerprint density at radius 2 is 1.94 bits per heavy atom. The first-order chi connectivity index (χ1) is 7.45. The summed E-state index contributed by atoms with van der Waals surface area (Å²) in [6.07, 6.45) is 0.803. The highest BCUT2D eigenvalue weighted by molar-refractivity contribution is 9.10. The fourth-order valence-corrected chi connectivity index (χ4v) is 2.54. The highest BCUT2D eigenvalue weighted by Gasteiger charge is 2.17. The maximum absolute atomic E-state index is 12.9. The summed E-state index contributed by atoms with van der Waals surface area (Å²) < 4.78 is 12.9. The Balaban J connectivity index is 2.93. The van der Waals surface area contributed by atoms with E-state index in [1.165, 1.54) is 12.1 Å². The summed E-state index contributed by atoms with van der Waals surface area (Å²) in [5.41, 5.74) is 0.591. The van der Waals surface area contributed by atoms with Gasteiger partial charge in [-0.3, -0.25) is 4.79 Å². The van der Waals surface area contributed by atoms with Crippen LogP contribution in [0.3, 0.4) is 0 Å². The summed E-state index contributed by atoms with van der Waals surface area (Å²) in [6.45, 7) is 1.78. The Hall–Kier alpha value is -0.120. The van der Waals surface area contributed by atoms with Crippen molar-refractivity contribution in [3.8, 4) is 0 Å². The van der Waals surface area contributed by atoms with Gasteiger partial charge in [-0.05, 0) is 24.1 Å². The van der Waals surface area contributed by atoms with Crippen molar-refractivity contribution in [1.82, 2.24) is 0 Å². The maximum atomic E-state index is 12.9. The van der Waals surface area contributed by atoms with Gasteiger partial charge in [0.1, 0.15) is 11.6 Å². The van der Waals surface area contributed by atoms with Gasteiger partial charge in [0.2, 0.25) is 0 Å². The van der Waals surface area contributed by atoms with Crippen molar-refractivity contribution in [2.24, 2.45) is 0 Å². The van der Waals surface area contributed by atoms with E-state index >= 15 is 0 Å². The Kier molecular flexibility index (Phi) is 5.22. The molecular weight excluding hydrogens is 318 g/mol. The molecule has 0 heterocycles. The fraction of sp³-hybridized carbons (Fsp3) is 0.364. The molecule has 1 aromatic rings. The quantitative estimate of drug-likeness (QED) is 0.748. The third-order valence-corrected chi connectivity index (χ3v) is 3.70. The molecule has 0 aliphatic heterocycles. The van der Waals surface area contributed by atoms with Crippen LogP contribution in [0.2, 0.25) is 10.0 Å². The fourth-order valence-electron chi connectivity index (χ4n) is 1.28. The minimum atomic E-state index is -0.480. The van der Waals surface area contributed by atoms with Gasteiger partial charge in [-0.25, -0.2) is 4.39 Å². The van der Waals surface area contributed by atoms with Gasteiger partial charge in [0, 0.05) is 16.5 Å². The van der Waals surface area contributed by atoms with Crippen LogP contribution in [0.1, 0.15) is 18.9 Å². The van der Waals surface area contributed by atoms with Gasteiger partial charge in [-0.2, -0.15) is 0 Å². The van der Waals surface area contributed by atoms with Crippen LogP contribution >= 0.6 is 39.1 Å². The van der Waals surface area contributed by atoms with E-state index in [2.05, 4.69) is 15.9 Å². The monoisotopic (exact) mass is 326 g/mol. The molecule has 88 valence electrons. The molecule has 1 nitrogen and oxygen atoms in total. The standard InChI is InChI=1S/C11H10BrCl2FO/c1-2-11(16)8(12)5-7-9(13)3-6(15)4-10(7)14/h3-4,8H,2,5H2,1H3. The van der Waals surface area contributed by atoms with E-state index < -0.39 is 5.82 Å². The number of rotatable bonds is 4. The highest BCUT2D eigenvalue weighted by Crippen LogP contribution is 2.28. The van der Waals surface area contributed by atoms with Crippen molar-refractivity contribution in [1.29, 1.82) is 0 Å². The number of hydrogen-bond donors (Lipinski definition) is 0. The van der Waals surface area contributed by atoms with Crippen LogP contribution < -0.4 is 0 Å². The number of halogens is 4. The molecule has 1 aromatic carbocycles. The number of benzene rings is 1. The largest absolute Gasteiger partial charge is 0.298 e. The van der Waals surface area contributed by atoms with E-state index in [4.69, 9.17) is 23.2 Å². The lowest BCUT2D eigenvalue weighted by Crippen LogP contribution is -2.15. The van der Waals surface area contributed by atoms with Gasteiger partial charge in [0.05, 0.1) is 4.83 Å². The molecule has 0 aromatic heterocycles. The van der Waals surface area contributed by atoms with Gasteiger partial charge in [0.15, 0.2) is 0 Å². The van der Waals surface area contributed by atoms with Crippen LogP contribution in [0.25, 0.3) is 0 Å². The molecule has 0 amide bonds. The maximum Gasteiger partial charge on any atom is 0.146 e. The van der Waals surface area contributed by atoms with E-state index in [1.807, 2.05) is 0 Å². The second-order valence-corrected chi connectivity index (χ2v) is 5.26. The molecule has 0 bridgehead atoms.